The molecule has 0 bridgehead atoms. The van der Waals surface area contributed by atoms with Gasteiger partial charge < -0.3 is 15.3 Å². The maximum atomic E-state index is 12.3. The van der Waals surface area contributed by atoms with Gasteiger partial charge in [-0.1, -0.05) is 6.07 Å². The average Bonchev–Trinajstić information content (AvgIpc) is 2.27. The highest BCUT2D eigenvalue weighted by Gasteiger charge is 2.32. The van der Waals surface area contributed by atoms with Gasteiger partial charge in [0.15, 0.2) is 0 Å². The van der Waals surface area contributed by atoms with Gasteiger partial charge in [0.2, 0.25) is 0 Å². The van der Waals surface area contributed by atoms with Crippen LogP contribution < -0.4 is 0 Å². The number of halogens is 3. The highest BCUT2D eigenvalue weighted by atomic mass is 32.1. The Kier molecular flexibility index (Phi) is 4.89. The van der Waals surface area contributed by atoms with Crippen LogP contribution in [0.25, 0.3) is 0 Å². The van der Waals surface area contributed by atoms with Gasteiger partial charge in [0.25, 0.3) is 0 Å². The molecule has 0 radical (unpaired) electrons. The first-order chi connectivity index (χ1) is 8.27. The zero-order valence-electron chi connectivity index (χ0n) is 9.22. The molecular formula is C11H13F3O3S. The van der Waals surface area contributed by atoms with Crippen LogP contribution in [0.5, 0.6) is 5.75 Å². The van der Waals surface area contributed by atoms with Gasteiger partial charge in [0, 0.05) is 5.56 Å². The van der Waals surface area contributed by atoms with Crippen molar-refractivity contribution in [1.82, 2.24) is 0 Å². The number of benzene rings is 1. The number of aliphatic hydroxyl groups excluding tert-OH is 2. The minimum atomic E-state index is -4.56. The zero-order valence-corrected chi connectivity index (χ0v) is 10.1. The zero-order chi connectivity index (χ0) is 13.9. The summed E-state index contributed by atoms with van der Waals surface area (Å²) in [6, 6.07) is 2.21. The molecule has 1 aromatic rings. The van der Waals surface area contributed by atoms with Crippen molar-refractivity contribution in [2.75, 3.05) is 5.75 Å². The molecule has 102 valence electrons. The fourth-order valence-corrected chi connectivity index (χ4v) is 1.73. The molecule has 0 saturated heterocycles. The van der Waals surface area contributed by atoms with Crippen LogP contribution in [-0.4, -0.2) is 27.2 Å². The van der Waals surface area contributed by atoms with Gasteiger partial charge in [0.05, 0.1) is 11.7 Å². The molecule has 0 amide bonds. The molecule has 3 nitrogen and oxygen atoms in total. The minimum absolute atomic E-state index is 0.141. The lowest BCUT2D eigenvalue weighted by Gasteiger charge is -2.19. The van der Waals surface area contributed by atoms with Gasteiger partial charge >= 0.3 is 6.18 Å². The predicted octanol–water partition coefficient (Wildman–Crippen LogP) is 2.13. The standard InChI is InChI=1S/C11H13F3O3S/c12-11(13,14)6-1-2-7(9(16)5-6)10(17)8(15)3-4-18/h1-2,5,8,10,15-18H,3-4H2. The second-order valence-electron chi connectivity index (χ2n) is 3.80. The normalized spacial score (nSPS) is 15.4. The molecular weight excluding hydrogens is 269 g/mol. The number of aromatic hydroxyl groups is 1. The van der Waals surface area contributed by atoms with Gasteiger partial charge in [-0.05, 0) is 24.3 Å². The van der Waals surface area contributed by atoms with Gasteiger partial charge in [-0.2, -0.15) is 25.8 Å². The van der Waals surface area contributed by atoms with E-state index < -0.39 is 29.7 Å². The van der Waals surface area contributed by atoms with Crippen molar-refractivity contribution in [2.45, 2.75) is 24.8 Å². The second-order valence-corrected chi connectivity index (χ2v) is 4.24. The summed E-state index contributed by atoms with van der Waals surface area (Å²) in [6.07, 6.45) is -7.04. The average molecular weight is 282 g/mol. The van der Waals surface area contributed by atoms with Crippen molar-refractivity contribution < 1.29 is 28.5 Å². The second kappa shape index (κ2) is 5.81. The third-order valence-electron chi connectivity index (χ3n) is 2.47. The molecule has 2 atom stereocenters. The summed E-state index contributed by atoms with van der Waals surface area (Å²) in [7, 11) is 0. The number of phenols is 1. The molecule has 1 rings (SSSR count). The first-order valence-electron chi connectivity index (χ1n) is 5.14. The quantitative estimate of drug-likeness (QED) is 0.640. The lowest BCUT2D eigenvalue weighted by molar-refractivity contribution is -0.137. The van der Waals surface area contributed by atoms with E-state index in [1.807, 2.05) is 0 Å². The molecule has 0 heterocycles. The molecule has 0 aliphatic heterocycles. The van der Waals surface area contributed by atoms with Crippen LogP contribution in [0.2, 0.25) is 0 Å². The molecule has 0 aliphatic carbocycles. The number of rotatable bonds is 4. The highest BCUT2D eigenvalue weighted by Crippen LogP contribution is 2.35. The Hall–Kier alpha value is -0.920. The van der Waals surface area contributed by atoms with Crippen molar-refractivity contribution >= 4 is 12.6 Å². The Morgan fingerprint density at radius 3 is 2.28 bits per heavy atom. The van der Waals surface area contributed by atoms with Crippen LogP contribution >= 0.6 is 12.6 Å². The van der Waals surface area contributed by atoms with Crippen molar-refractivity contribution in [2.24, 2.45) is 0 Å². The van der Waals surface area contributed by atoms with Crippen LogP contribution in [0.15, 0.2) is 18.2 Å². The van der Waals surface area contributed by atoms with E-state index in [-0.39, 0.29) is 12.0 Å². The summed E-state index contributed by atoms with van der Waals surface area (Å²) in [6.45, 7) is 0. The number of phenolic OH excluding ortho intramolecular Hbond substituents is 1. The van der Waals surface area contributed by atoms with Crippen LogP contribution in [0.4, 0.5) is 13.2 Å². The first-order valence-corrected chi connectivity index (χ1v) is 5.77. The highest BCUT2D eigenvalue weighted by molar-refractivity contribution is 7.80. The molecule has 0 aliphatic rings. The van der Waals surface area contributed by atoms with Gasteiger partial charge in [0.1, 0.15) is 11.9 Å². The van der Waals surface area contributed by atoms with Crippen molar-refractivity contribution in [1.29, 1.82) is 0 Å². The lowest BCUT2D eigenvalue weighted by atomic mass is 10.00. The summed E-state index contributed by atoms with van der Waals surface area (Å²) < 4.78 is 37.0. The smallest absolute Gasteiger partial charge is 0.416 e. The van der Waals surface area contributed by atoms with Crippen molar-refractivity contribution in [3.8, 4) is 5.75 Å². The SMILES string of the molecule is Oc1cc(C(F)(F)F)ccc1C(O)C(O)CCS. The molecule has 0 saturated carbocycles. The molecule has 2 unspecified atom stereocenters. The van der Waals surface area contributed by atoms with E-state index in [9.17, 15) is 28.5 Å². The van der Waals surface area contributed by atoms with Crippen molar-refractivity contribution in [3.63, 3.8) is 0 Å². The maximum Gasteiger partial charge on any atom is 0.416 e. The fraction of sp³-hybridized carbons (Fsp3) is 0.455. The maximum absolute atomic E-state index is 12.3. The summed E-state index contributed by atoms with van der Waals surface area (Å²) in [5, 5.41) is 28.6. The molecule has 18 heavy (non-hydrogen) atoms. The largest absolute Gasteiger partial charge is 0.508 e. The number of alkyl halides is 3. The minimum Gasteiger partial charge on any atom is -0.508 e. The Balaban J connectivity index is 2.99. The van der Waals surface area contributed by atoms with Gasteiger partial charge in [-0.25, -0.2) is 0 Å². The Bertz CT molecular complexity index is 409. The summed E-state index contributed by atoms with van der Waals surface area (Å²) >= 11 is 3.86. The Labute approximate surface area is 107 Å². The number of thiol groups is 1. The van der Waals surface area contributed by atoms with Crippen molar-refractivity contribution in [3.05, 3.63) is 29.3 Å². The van der Waals surface area contributed by atoms with Crippen LogP contribution in [0.1, 0.15) is 23.7 Å². The fourth-order valence-electron chi connectivity index (χ4n) is 1.47. The van der Waals surface area contributed by atoms with E-state index >= 15 is 0 Å². The molecule has 0 fully saturated rings. The van der Waals surface area contributed by atoms with E-state index in [1.165, 1.54) is 0 Å². The molecule has 1 aromatic carbocycles. The third kappa shape index (κ3) is 3.54. The molecule has 0 aromatic heterocycles. The summed E-state index contributed by atoms with van der Waals surface area (Å²) in [5.74, 6) is -0.393. The van der Waals surface area contributed by atoms with Crippen LogP contribution in [0.3, 0.4) is 0 Å². The number of hydrogen-bond donors (Lipinski definition) is 4. The molecule has 3 N–H and O–H groups in total. The van der Waals surface area contributed by atoms with E-state index in [0.29, 0.717) is 11.8 Å². The summed E-state index contributed by atoms with van der Waals surface area (Å²) in [4.78, 5) is 0. The third-order valence-corrected chi connectivity index (χ3v) is 2.72. The van der Waals surface area contributed by atoms with E-state index in [2.05, 4.69) is 12.6 Å². The number of aliphatic hydroxyl groups is 2. The van der Waals surface area contributed by atoms with Gasteiger partial charge in [-0.3, -0.25) is 0 Å². The topological polar surface area (TPSA) is 60.7 Å². The van der Waals surface area contributed by atoms with E-state index in [0.717, 1.165) is 12.1 Å². The van der Waals surface area contributed by atoms with Crippen LogP contribution in [-0.2, 0) is 6.18 Å². The first kappa shape index (κ1) is 15.1. The number of hydrogen-bond acceptors (Lipinski definition) is 4. The molecule has 7 heteroatoms. The van der Waals surface area contributed by atoms with Crippen LogP contribution in [0, 0.1) is 0 Å². The Morgan fingerprint density at radius 1 is 1.22 bits per heavy atom. The van der Waals surface area contributed by atoms with E-state index in [4.69, 9.17) is 0 Å². The predicted molar refractivity (Wildman–Crippen MR) is 62.5 cm³/mol. The van der Waals surface area contributed by atoms with Gasteiger partial charge in [-0.15, -0.1) is 0 Å². The van der Waals surface area contributed by atoms with E-state index in [1.54, 1.807) is 0 Å². The Morgan fingerprint density at radius 2 is 1.83 bits per heavy atom. The summed E-state index contributed by atoms with van der Waals surface area (Å²) in [5.41, 5.74) is -1.16. The lowest BCUT2D eigenvalue weighted by Crippen LogP contribution is -2.19. The monoisotopic (exact) mass is 282 g/mol. The molecule has 0 spiro atoms.